The molecule has 0 saturated carbocycles. The Kier molecular flexibility index (Phi) is 7.44. The van der Waals surface area contributed by atoms with Crippen LogP contribution in [0.2, 0.25) is 0 Å². The quantitative estimate of drug-likeness (QED) is 0.663. The minimum absolute atomic E-state index is 0.0744. The molecule has 8 heteroatoms. The predicted molar refractivity (Wildman–Crippen MR) is 116 cm³/mol. The molecule has 1 aliphatic heterocycles. The van der Waals surface area contributed by atoms with Crippen LogP contribution in [-0.2, 0) is 4.79 Å². The Morgan fingerprint density at radius 3 is 2.55 bits per heavy atom. The van der Waals surface area contributed by atoms with E-state index in [0.717, 1.165) is 54.8 Å². The maximum absolute atomic E-state index is 12.8. The minimum Gasteiger partial charge on any atom is -0.355 e. The summed E-state index contributed by atoms with van der Waals surface area (Å²) in [4.78, 5) is 26.8. The molecule has 0 spiro atoms. The fourth-order valence-corrected chi connectivity index (χ4v) is 3.76. The lowest BCUT2D eigenvalue weighted by atomic mass is 10.0. The number of halogens is 1. The van der Waals surface area contributed by atoms with E-state index < -0.39 is 0 Å². The number of hydrogen-bond donors (Lipinski definition) is 2. The number of rotatable bonds is 7. The molecule has 0 aliphatic carbocycles. The molecular formula is C21H28BrN5O2. The number of nitrogens with one attached hydrogen (secondary N) is 2. The molecule has 0 atom stereocenters. The Bertz CT molecular complexity index is 841. The Morgan fingerprint density at radius 2 is 1.90 bits per heavy atom. The fraction of sp³-hybridized carbons (Fsp3) is 0.476. The molecule has 0 radical (unpaired) electrons. The van der Waals surface area contributed by atoms with Gasteiger partial charge in [0.05, 0.1) is 29.7 Å². The number of piperidine rings is 1. The van der Waals surface area contributed by atoms with Crippen molar-refractivity contribution in [3.8, 4) is 5.69 Å². The molecular weight excluding hydrogens is 434 g/mol. The topological polar surface area (TPSA) is 79.3 Å². The van der Waals surface area contributed by atoms with Gasteiger partial charge >= 0.3 is 0 Å². The van der Waals surface area contributed by atoms with Gasteiger partial charge < -0.3 is 10.6 Å². The Morgan fingerprint density at radius 1 is 1.21 bits per heavy atom. The predicted octanol–water partition coefficient (Wildman–Crippen LogP) is 2.66. The third-order valence-electron chi connectivity index (χ3n) is 5.19. The smallest absolute Gasteiger partial charge is 0.254 e. The van der Waals surface area contributed by atoms with Gasteiger partial charge in [0.25, 0.3) is 5.91 Å². The average Bonchev–Trinajstić information content (AvgIpc) is 3.10. The highest BCUT2D eigenvalue weighted by Crippen LogP contribution is 2.18. The first kappa shape index (κ1) is 21.5. The van der Waals surface area contributed by atoms with E-state index in [4.69, 9.17) is 0 Å². The van der Waals surface area contributed by atoms with Gasteiger partial charge in [-0.1, -0.05) is 22.9 Å². The van der Waals surface area contributed by atoms with Crippen molar-refractivity contribution in [3.05, 3.63) is 46.2 Å². The molecule has 0 unspecified atom stereocenters. The van der Waals surface area contributed by atoms with Crippen LogP contribution in [0.25, 0.3) is 5.69 Å². The van der Waals surface area contributed by atoms with Crippen LogP contribution in [0.1, 0.15) is 42.2 Å². The number of hydrogen-bond acceptors (Lipinski definition) is 4. The second-order valence-electron chi connectivity index (χ2n) is 7.41. The van der Waals surface area contributed by atoms with E-state index in [2.05, 4.69) is 36.6 Å². The maximum Gasteiger partial charge on any atom is 0.254 e. The van der Waals surface area contributed by atoms with Gasteiger partial charge in [-0.25, -0.2) is 4.68 Å². The molecule has 1 saturated heterocycles. The van der Waals surface area contributed by atoms with E-state index in [-0.39, 0.29) is 17.9 Å². The highest BCUT2D eigenvalue weighted by atomic mass is 79.9. The van der Waals surface area contributed by atoms with Crippen molar-refractivity contribution in [2.75, 3.05) is 26.2 Å². The van der Waals surface area contributed by atoms with E-state index in [9.17, 15) is 9.59 Å². The number of carbonyl (C=O) groups is 2. The highest BCUT2D eigenvalue weighted by Gasteiger charge is 2.24. The first-order valence-corrected chi connectivity index (χ1v) is 10.9. The summed E-state index contributed by atoms with van der Waals surface area (Å²) in [5, 5.41) is 10.4. The number of nitrogens with zero attached hydrogens (tertiary/aromatic N) is 3. The lowest BCUT2D eigenvalue weighted by Gasteiger charge is -2.31. The number of amides is 2. The van der Waals surface area contributed by atoms with Crippen LogP contribution in [0.15, 0.2) is 34.9 Å². The standard InChI is InChI=1S/C21H28BrN5O2/c1-3-10-23-20(28)14-26-11-8-17(9-12-26)25-21(29)19-13-24-27(15(19)2)18-6-4-16(22)5-7-18/h4-7,13,17H,3,8-12,14H2,1-2H3,(H,23,28)(H,25,29). The molecule has 2 N–H and O–H groups in total. The molecule has 2 amide bonds. The van der Waals surface area contributed by atoms with Crippen LogP contribution >= 0.6 is 15.9 Å². The maximum atomic E-state index is 12.8. The summed E-state index contributed by atoms with van der Waals surface area (Å²) in [5.41, 5.74) is 2.32. The van der Waals surface area contributed by atoms with Crippen molar-refractivity contribution in [1.82, 2.24) is 25.3 Å². The van der Waals surface area contributed by atoms with Crippen LogP contribution in [0.3, 0.4) is 0 Å². The average molecular weight is 462 g/mol. The van der Waals surface area contributed by atoms with Gasteiger partial charge in [0.1, 0.15) is 0 Å². The molecule has 7 nitrogen and oxygen atoms in total. The van der Waals surface area contributed by atoms with Gasteiger partial charge in [-0.3, -0.25) is 14.5 Å². The molecule has 1 aromatic carbocycles. The zero-order valence-electron chi connectivity index (χ0n) is 16.9. The Balaban J connectivity index is 1.53. The van der Waals surface area contributed by atoms with Gasteiger partial charge in [-0.2, -0.15) is 5.10 Å². The van der Waals surface area contributed by atoms with Crippen LogP contribution in [0, 0.1) is 6.92 Å². The third-order valence-corrected chi connectivity index (χ3v) is 5.72. The molecule has 156 valence electrons. The normalized spacial score (nSPS) is 15.3. The number of likely N-dealkylation sites (tertiary alicyclic amines) is 1. The van der Waals surface area contributed by atoms with Crippen LogP contribution in [0.5, 0.6) is 0 Å². The number of carbonyl (C=O) groups excluding carboxylic acids is 2. The molecule has 29 heavy (non-hydrogen) atoms. The summed E-state index contributed by atoms with van der Waals surface area (Å²) >= 11 is 3.43. The monoisotopic (exact) mass is 461 g/mol. The summed E-state index contributed by atoms with van der Waals surface area (Å²) in [5.74, 6) is -0.0182. The highest BCUT2D eigenvalue weighted by molar-refractivity contribution is 9.10. The van der Waals surface area contributed by atoms with Gasteiger partial charge in [0.15, 0.2) is 0 Å². The molecule has 3 rings (SSSR count). The molecule has 0 bridgehead atoms. The van der Waals surface area contributed by atoms with E-state index in [1.54, 1.807) is 10.9 Å². The Hall–Kier alpha value is -2.19. The SMILES string of the molecule is CCCNC(=O)CN1CCC(NC(=O)c2cnn(-c3ccc(Br)cc3)c2C)CC1. The van der Waals surface area contributed by atoms with Crippen molar-refractivity contribution >= 4 is 27.7 Å². The molecule has 2 heterocycles. The summed E-state index contributed by atoms with van der Waals surface area (Å²) in [6.45, 7) is 6.71. The number of benzene rings is 1. The number of aromatic nitrogens is 2. The van der Waals surface area contributed by atoms with E-state index >= 15 is 0 Å². The van der Waals surface area contributed by atoms with E-state index in [1.165, 1.54) is 0 Å². The van der Waals surface area contributed by atoms with Crippen LogP contribution < -0.4 is 10.6 Å². The van der Waals surface area contributed by atoms with Crippen LogP contribution in [0.4, 0.5) is 0 Å². The molecule has 1 aromatic heterocycles. The summed E-state index contributed by atoms with van der Waals surface area (Å²) < 4.78 is 2.78. The van der Waals surface area contributed by atoms with Crippen molar-refractivity contribution < 1.29 is 9.59 Å². The van der Waals surface area contributed by atoms with E-state index in [0.29, 0.717) is 12.1 Å². The summed E-state index contributed by atoms with van der Waals surface area (Å²) in [7, 11) is 0. The zero-order chi connectivity index (χ0) is 20.8. The first-order chi connectivity index (χ1) is 14.0. The lowest BCUT2D eigenvalue weighted by Crippen LogP contribution is -2.47. The van der Waals surface area contributed by atoms with Gasteiger partial charge in [-0.15, -0.1) is 0 Å². The van der Waals surface area contributed by atoms with Crippen molar-refractivity contribution in [1.29, 1.82) is 0 Å². The summed E-state index contributed by atoms with van der Waals surface area (Å²) in [6, 6.07) is 7.93. The van der Waals surface area contributed by atoms with Gasteiger partial charge in [0, 0.05) is 30.1 Å². The van der Waals surface area contributed by atoms with Crippen molar-refractivity contribution in [3.63, 3.8) is 0 Å². The summed E-state index contributed by atoms with van der Waals surface area (Å²) in [6.07, 6.45) is 4.25. The van der Waals surface area contributed by atoms with Crippen molar-refractivity contribution in [2.24, 2.45) is 0 Å². The van der Waals surface area contributed by atoms with Gasteiger partial charge in [0.2, 0.25) is 5.91 Å². The van der Waals surface area contributed by atoms with Gasteiger partial charge in [-0.05, 0) is 50.5 Å². The molecule has 2 aromatic rings. The largest absolute Gasteiger partial charge is 0.355 e. The second-order valence-corrected chi connectivity index (χ2v) is 8.32. The zero-order valence-corrected chi connectivity index (χ0v) is 18.5. The third kappa shape index (κ3) is 5.67. The van der Waals surface area contributed by atoms with Crippen LogP contribution in [-0.4, -0.2) is 58.7 Å². The second kappa shape index (κ2) is 10.0. The first-order valence-electron chi connectivity index (χ1n) is 10.1. The molecule has 1 aliphatic rings. The lowest BCUT2D eigenvalue weighted by molar-refractivity contribution is -0.122. The fourth-order valence-electron chi connectivity index (χ4n) is 3.50. The van der Waals surface area contributed by atoms with E-state index in [1.807, 2.05) is 38.1 Å². The minimum atomic E-state index is -0.0926. The van der Waals surface area contributed by atoms with Crippen molar-refractivity contribution in [2.45, 2.75) is 39.2 Å². The Labute approximate surface area is 180 Å². The molecule has 1 fully saturated rings.